The fourth-order valence-electron chi connectivity index (χ4n) is 7.73. The third-order valence-corrected chi connectivity index (χ3v) is 10.5. The van der Waals surface area contributed by atoms with Crippen molar-refractivity contribution in [3.05, 3.63) is 54.0 Å². The molecule has 0 spiro atoms. The van der Waals surface area contributed by atoms with Crippen LogP contribution in [0.1, 0.15) is 63.9 Å². The van der Waals surface area contributed by atoms with Gasteiger partial charge < -0.3 is 15.0 Å². The fraction of sp³-hybridized carbons (Fsp3) is 0.514. The number of rotatable bonds is 9. The van der Waals surface area contributed by atoms with Crippen LogP contribution in [0, 0.1) is 5.82 Å². The Hall–Kier alpha value is -3.43. The molecule has 7 rings (SSSR count). The van der Waals surface area contributed by atoms with Crippen molar-refractivity contribution in [3.63, 3.8) is 0 Å². The monoisotopic (exact) mass is 600 g/mol. The summed E-state index contributed by atoms with van der Waals surface area (Å²) in [4.78, 5) is 18.6. The van der Waals surface area contributed by atoms with Crippen LogP contribution in [0.3, 0.4) is 0 Å². The maximum atomic E-state index is 16.8. The number of nitrogens with one attached hydrogen (secondary N) is 1. The Morgan fingerprint density at radius 2 is 1.89 bits per heavy atom. The topological polar surface area (TPSA) is 66.4 Å². The lowest BCUT2D eigenvalue weighted by molar-refractivity contribution is 0.0738. The van der Waals surface area contributed by atoms with Crippen molar-refractivity contribution >= 4 is 27.5 Å². The SMILES string of the molecule is CC(C)c1cccc2cccc(-c3ncc4c(NCC5(N(C)C)CCC5)nc(OC[C@]56CCCN5C[C@@H](F)C6)nc4c3F)c12. The largest absolute Gasteiger partial charge is 0.461 e. The average molecular weight is 601 g/mol. The molecule has 1 aliphatic carbocycles. The van der Waals surface area contributed by atoms with Gasteiger partial charge in [0, 0.05) is 36.8 Å². The third-order valence-electron chi connectivity index (χ3n) is 10.5. The second-order valence-corrected chi connectivity index (χ2v) is 13.6. The Labute approximate surface area is 258 Å². The fourth-order valence-corrected chi connectivity index (χ4v) is 7.73. The molecule has 0 amide bonds. The molecule has 3 fully saturated rings. The zero-order chi connectivity index (χ0) is 30.6. The molecule has 2 aromatic heterocycles. The summed E-state index contributed by atoms with van der Waals surface area (Å²) >= 11 is 0. The van der Waals surface area contributed by atoms with E-state index >= 15 is 4.39 Å². The van der Waals surface area contributed by atoms with Gasteiger partial charge in [-0.05, 0) is 75.0 Å². The highest BCUT2D eigenvalue weighted by Gasteiger charge is 2.49. The van der Waals surface area contributed by atoms with E-state index in [9.17, 15) is 4.39 Å². The van der Waals surface area contributed by atoms with E-state index in [4.69, 9.17) is 14.7 Å². The second kappa shape index (κ2) is 11.2. The first-order valence-corrected chi connectivity index (χ1v) is 16.0. The van der Waals surface area contributed by atoms with Crippen molar-refractivity contribution in [1.29, 1.82) is 0 Å². The number of ether oxygens (including phenoxy) is 1. The lowest BCUT2D eigenvalue weighted by Gasteiger charge is -2.47. The molecule has 0 unspecified atom stereocenters. The van der Waals surface area contributed by atoms with Crippen LogP contribution in [0.2, 0.25) is 0 Å². The third kappa shape index (κ3) is 4.88. The van der Waals surface area contributed by atoms with E-state index in [-0.39, 0.29) is 40.8 Å². The van der Waals surface area contributed by atoms with E-state index in [0.29, 0.717) is 30.7 Å². The summed E-state index contributed by atoms with van der Waals surface area (Å²) in [5, 5.41) is 6.08. The number of pyridine rings is 1. The van der Waals surface area contributed by atoms with Gasteiger partial charge in [0.2, 0.25) is 0 Å². The smallest absolute Gasteiger partial charge is 0.319 e. The van der Waals surface area contributed by atoms with Gasteiger partial charge in [0.25, 0.3) is 0 Å². The number of halogens is 2. The van der Waals surface area contributed by atoms with Crippen molar-refractivity contribution < 1.29 is 13.5 Å². The summed E-state index contributed by atoms with van der Waals surface area (Å²) in [5.74, 6) is 0.263. The van der Waals surface area contributed by atoms with Gasteiger partial charge in [-0.3, -0.25) is 9.88 Å². The predicted molar refractivity (Wildman–Crippen MR) is 172 cm³/mol. The van der Waals surface area contributed by atoms with Gasteiger partial charge in [0.15, 0.2) is 5.82 Å². The lowest BCUT2D eigenvalue weighted by Crippen LogP contribution is -2.54. The van der Waals surface area contributed by atoms with Crippen LogP contribution >= 0.6 is 0 Å². The summed E-state index contributed by atoms with van der Waals surface area (Å²) in [6, 6.07) is 12.2. The van der Waals surface area contributed by atoms with Crippen LogP contribution in [0.5, 0.6) is 6.01 Å². The number of nitrogens with zero attached hydrogens (tertiary/aromatic N) is 5. The first kappa shape index (κ1) is 29.3. The van der Waals surface area contributed by atoms with Crippen molar-refractivity contribution in [2.45, 2.75) is 75.5 Å². The number of hydrogen-bond acceptors (Lipinski definition) is 7. The molecule has 2 atom stereocenters. The van der Waals surface area contributed by atoms with Gasteiger partial charge in [-0.2, -0.15) is 9.97 Å². The Bertz CT molecular complexity index is 1700. The molecule has 2 saturated heterocycles. The number of benzene rings is 2. The molecular formula is C35H42F2N6O. The van der Waals surface area contributed by atoms with Crippen molar-refractivity contribution in [1.82, 2.24) is 24.8 Å². The molecule has 3 aliphatic rings. The Morgan fingerprint density at radius 3 is 2.61 bits per heavy atom. The number of hydrogen-bond donors (Lipinski definition) is 1. The number of alkyl halides is 1. The molecule has 0 radical (unpaired) electrons. The van der Waals surface area contributed by atoms with E-state index in [1.807, 2.05) is 18.2 Å². The summed E-state index contributed by atoms with van der Waals surface area (Å²) in [6.45, 7) is 6.54. The van der Waals surface area contributed by atoms with E-state index in [2.05, 4.69) is 66.2 Å². The molecule has 4 aromatic rings. The quantitative estimate of drug-likeness (QED) is 0.223. The average Bonchev–Trinajstić information content (AvgIpc) is 3.50. The van der Waals surface area contributed by atoms with Gasteiger partial charge in [-0.15, -0.1) is 0 Å². The summed E-state index contributed by atoms with van der Waals surface area (Å²) < 4.78 is 37.5. The highest BCUT2D eigenvalue weighted by molar-refractivity contribution is 6.00. The number of aromatic nitrogens is 3. The van der Waals surface area contributed by atoms with E-state index in [0.717, 1.165) is 54.1 Å². The van der Waals surface area contributed by atoms with Crippen LogP contribution in [-0.4, -0.2) is 82.3 Å². The zero-order valence-electron chi connectivity index (χ0n) is 26.2. The normalized spacial score (nSPS) is 23.0. The Kier molecular flexibility index (Phi) is 7.44. The minimum Gasteiger partial charge on any atom is -0.461 e. The van der Waals surface area contributed by atoms with Crippen molar-refractivity contribution in [3.8, 4) is 17.3 Å². The molecule has 1 saturated carbocycles. The summed E-state index contributed by atoms with van der Waals surface area (Å²) in [5.41, 5.74) is 1.97. The standard InChI is InChI=1S/C35H42F2N6O/c1-22(2)25-11-5-9-23-10-6-12-26(28(23)25)30-29(37)31-27(18-38-30)32(39-20-34(42(3)4)13-7-14-34)41-33(40-31)44-21-35-15-8-16-43(35)19-24(36)17-35/h5-6,9-12,18,22,24H,7-8,13-17,19-21H2,1-4H3,(H,39,40,41)/t24-,35+/m0/s1. The molecule has 4 heterocycles. The number of fused-ring (bicyclic) bond motifs is 3. The van der Waals surface area contributed by atoms with Crippen LogP contribution in [-0.2, 0) is 0 Å². The van der Waals surface area contributed by atoms with Crippen LogP contribution in [0.4, 0.5) is 14.6 Å². The van der Waals surface area contributed by atoms with Crippen molar-refractivity contribution in [2.24, 2.45) is 0 Å². The van der Waals surface area contributed by atoms with Gasteiger partial charge >= 0.3 is 6.01 Å². The predicted octanol–water partition coefficient (Wildman–Crippen LogP) is 6.96. The van der Waals surface area contributed by atoms with Crippen LogP contribution < -0.4 is 10.1 Å². The maximum absolute atomic E-state index is 16.8. The van der Waals surface area contributed by atoms with E-state index in [1.54, 1.807) is 6.20 Å². The minimum absolute atomic E-state index is 0.0176. The first-order valence-electron chi connectivity index (χ1n) is 16.0. The van der Waals surface area contributed by atoms with Gasteiger partial charge in [-0.25, -0.2) is 8.78 Å². The highest BCUT2D eigenvalue weighted by Crippen LogP contribution is 2.42. The van der Waals surface area contributed by atoms with E-state index < -0.39 is 12.0 Å². The zero-order valence-corrected chi connectivity index (χ0v) is 26.2. The van der Waals surface area contributed by atoms with Crippen LogP contribution in [0.25, 0.3) is 32.9 Å². The Morgan fingerprint density at radius 1 is 1.09 bits per heavy atom. The minimum atomic E-state index is -0.860. The summed E-state index contributed by atoms with van der Waals surface area (Å²) in [6.07, 6.45) is 6.49. The van der Waals surface area contributed by atoms with Crippen molar-refractivity contribution in [2.75, 3.05) is 45.7 Å². The molecule has 44 heavy (non-hydrogen) atoms. The molecule has 7 nitrogen and oxygen atoms in total. The molecular weight excluding hydrogens is 558 g/mol. The molecule has 2 aromatic carbocycles. The first-order chi connectivity index (χ1) is 21.2. The van der Waals surface area contributed by atoms with Gasteiger partial charge in [0.1, 0.15) is 29.8 Å². The Balaban J connectivity index is 1.32. The highest BCUT2D eigenvalue weighted by atomic mass is 19.1. The number of likely N-dealkylation sites (N-methyl/N-ethyl adjacent to an activating group) is 1. The number of anilines is 1. The van der Waals surface area contributed by atoms with Gasteiger partial charge in [-0.1, -0.05) is 50.2 Å². The second-order valence-electron chi connectivity index (χ2n) is 13.6. The molecule has 9 heteroatoms. The molecule has 232 valence electrons. The molecule has 1 N–H and O–H groups in total. The molecule has 0 bridgehead atoms. The maximum Gasteiger partial charge on any atom is 0.319 e. The van der Waals surface area contributed by atoms with Gasteiger partial charge in [0.05, 0.1) is 10.9 Å². The lowest BCUT2D eigenvalue weighted by atomic mass is 9.75. The molecule has 2 aliphatic heterocycles. The van der Waals surface area contributed by atoms with E-state index in [1.165, 1.54) is 6.42 Å². The summed E-state index contributed by atoms with van der Waals surface area (Å²) in [7, 11) is 4.20. The van der Waals surface area contributed by atoms with Crippen LogP contribution in [0.15, 0.2) is 42.6 Å².